The highest BCUT2D eigenvalue weighted by atomic mass is 16.2. The third kappa shape index (κ3) is 2.95. The molecule has 1 amide bonds. The molecule has 23 heavy (non-hydrogen) atoms. The number of rotatable bonds is 2. The Morgan fingerprint density at radius 3 is 2.52 bits per heavy atom. The average Bonchev–Trinajstić information content (AvgIpc) is 3.10. The van der Waals surface area contributed by atoms with Gasteiger partial charge in [0.25, 0.3) is 5.91 Å². The van der Waals surface area contributed by atoms with Gasteiger partial charge in [-0.3, -0.25) is 9.69 Å². The predicted molar refractivity (Wildman–Crippen MR) is 88.2 cm³/mol. The number of H-pyrrole nitrogens is 1. The first-order valence-corrected chi connectivity index (χ1v) is 8.65. The van der Waals surface area contributed by atoms with Crippen LogP contribution in [0.25, 0.3) is 11.0 Å². The lowest BCUT2D eigenvalue weighted by molar-refractivity contribution is 0.0523. The Kier molecular flexibility index (Phi) is 3.99. The molecule has 122 valence electrons. The first-order chi connectivity index (χ1) is 11.3. The van der Waals surface area contributed by atoms with Gasteiger partial charge in [-0.15, -0.1) is 0 Å². The number of hydrogen-bond acceptors (Lipinski definition) is 4. The first kappa shape index (κ1) is 14.6. The summed E-state index contributed by atoms with van der Waals surface area (Å²) in [5.74, 6) is 0.109. The number of hydrogen-bond donors (Lipinski definition) is 1. The molecule has 2 fully saturated rings. The van der Waals surface area contributed by atoms with Gasteiger partial charge in [0.1, 0.15) is 11.0 Å². The zero-order valence-electron chi connectivity index (χ0n) is 13.4. The van der Waals surface area contributed by atoms with Gasteiger partial charge in [0.05, 0.1) is 0 Å². The predicted octanol–water partition coefficient (Wildman–Crippen LogP) is 2.05. The van der Waals surface area contributed by atoms with Crippen molar-refractivity contribution in [1.29, 1.82) is 0 Å². The van der Waals surface area contributed by atoms with Crippen molar-refractivity contribution in [1.82, 2.24) is 25.2 Å². The molecule has 1 N–H and O–H groups in total. The van der Waals surface area contributed by atoms with Crippen molar-refractivity contribution >= 4 is 16.9 Å². The number of carbonyl (C=O) groups excluding carboxylic acids is 1. The number of amides is 1. The summed E-state index contributed by atoms with van der Waals surface area (Å²) in [6, 6.07) is 6.27. The fraction of sp³-hybridized carbons (Fsp3) is 0.588. The lowest BCUT2D eigenvalue weighted by atomic mass is 9.94. The van der Waals surface area contributed by atoms with Crippen LogP contribution < -0.4 is 0 Å². The van der Waals surface area contributed by atoms with Gasteiger partial charge < -0.3 is 4.90 Å². The molecule has 4 rings (SSSR count). The van der Waals surface area contributed by atoms with Crippen LogP contribution in [0.2, 0.25) is 0 Å². The molecule has 1 saturated carbocycles. The summed E-state index contributed by atoms with van der Waals surface area (Å²) in [7, 11) is 0. The Bertz CT molecular complexity index is 683. The maximum atomic E-state index is 12.7. The number of nitrogens with zero attached hydrogens (tertiary/aromatic N) is 4. The zero-order chi connectivity index (χ0) is 15.6. The van der Waals surface area contributed by atoms with Gasteiger partial charge in [-0.25, -0.2) is 0 Å². The molecule has 0 spiro atoms. The van der Waals surface area contributed by atoms with E-state index in [1.165, 1.54) is 32.1 Å². The van der Waals surface area contributed by atoms with Crippen LogP contribution in [0.4, 0.5) is 0 Å². The standard InChI is InChI=1S/C17H23N5O/c23-17(13-6-7-15-16(12-13)19-20-18-15)22-10-8-21(9-11-22)14-4-2-1-3-5-14/h6-7,12,14H,1-5,8-11H2,(H,18,19,20). The van der Waals surface area contributed by atoms with Crippen molar-refractivity contribution in [3.05, 3.63) is 23.8 Å². The van der Waals surface area contributed by atoms with Gasteiger partial charge in [0.15, 0.2) is 0 Å². The van der Waals surface area contributed by atoms with Crippen molar-refractivity contribution in [3.8, 4) is 0 Å². The average molecular weight is 313 g/mol. The zero-order valence-corrected chi connectivity index (χ0v) is 13.4. The van der Waals surface area contributed by atoms with E-state index in [2.05, 4.69) is 20.3 Å². The molecular weight excluding hydrogens is 290 g/mol. The Labute approximate surface area is 135 Å². The smallest absolute Gasteiger partial charge is 0.254 e. The molecule has 1 aromatic heterocycles. The summed E-state index contributed by atoms with van der Waals surface area (Å²) < 4.78 is 0. The van der Waals surface area contributed by atoms with Crippen molar-refractivity contribution in [2.24, 2.45) is 0 Å². The molecule has 0 atom stereocenters. The number of piperazine rings is 1. The summed E-state index contributed by atoms with van der Waals surface area (Å²) in [6.45, 7) is 3.66. The normalized spacial score (nSPS) is 21.0. The van der Waals surface area contributed by atoms with E-state index in [1.54, 1.807) is 0 Å². The molecule has 1 aliphatic carbocycles. The van der Waals surface area contributed by atoms with E-state index in [0.29, 0.717) is 5.56 Å². The molecule has 2 aliphatic rings. The van der Waals surface area contributed by atoms with Crippen molar-refractivity contribution in [3.63, 3.8) is 0 Å². The van der Waals surface area contributed by atoms with Crippen LogP contribution in [0.3, 0.4) is 0 Å². The second-order valence-electron chi connectivity index (χ2n) is 6.65. The van der Waals surface area contributed by atoms with Gasteiger partial charge in [-0.1, -0.05) is 19.3 Å². The quantitative estimate of drug-likeness (QED) is 0.921. The topological polar surface area (TPSA) is 65.1 Å². The number of aromatic nitrogens is 3. The first-order valence-electron chi connectivity index (χ1n) is 8.65. The molecule has 2 aromatic rings. The number of nitrogens with one attached hydrogen (secondary N) is 1. The summed E-state index contributed by atoms with van der Waals surface area (Å²) >= 11 is 0. The molecule has 0 bridgehead atoms. The minimum Gasteiger partial charge on any atom is -0.336 e. The molecule has 2 heterocycles. The van der Waals surface area contributed by atoms with Gasteiger partial charge in [0, 0.05) is 37.8 Å². The van der Waals surface area contributed by atoms with E-state index in [0.717, 1.165) is 43.3 Å². The fourth-order valence-electron chi connectivity index (χ4n) is 3.89. The van der Waals surface area contributed by atoms with Crippen LogP contribution in [0.15, 0.2) is 18.2 Å². The Hall–Kier alpha value is -1.95. The van der Waals surface area contributed by atoms with Crippen LogP contribution in [-0.4, -0.2) is 63.3 Å². The number of aromatic amines is 1. The summed E-state index contributed by atoms with van der Waals surface area (Å²) in [5.41, 5.74) is 2.25. The molecule has 1 aromatic carbocycles. The second-order valence-corrected chi connectivity index (χ2v) is 6.65. The second kappa shape index (κ2) is 6.28. The minimum atomic E-state index is 0.109. The van der Waals surface area contributed by atoms with Crippen LogP contribution in [0.1, 0.15) is 42.5 Å². The largest absolute Gasteiger partial charge is 0.336 e. The third-order valence-corrected chi connectivity index (χ3v) is 5.26. The Balaban J connectivity index is 1.40. The SMILES string of the molecule is O=C(c1ccc2n[nH]nc2c1)N1CCN(C2CCCCC2)CC1. The van der Waals surface area contributed by atoms with Crippen molar-refractivity contribution in [2.45, 2.75) is 38.1 Å². The molecule has 0 unspecified atom stereocenters. The highest BCUT2D eigenvalue weighted by Gasteiger charge is 2.27. The maximum absolute atomic E-state index is 12.7. The summed E-state index contributed by atoms with van der Waals surface area (Å²) in [4.78, 5) is 17.3. The van der Waals surface area contributed by atoms with Crippen molar-refractivity contribution < 1.29 is 4.79 Å². The molecule has 6 nitrogen and oxygen atoms in total. The molecular formula is C17H23N5O. The van der Waals surface area contributed by atoms with E-state index < -0.39 is 0 Å². The van der Waals surface area contributed by atoms with E-state index in [9.17, 15) is 4.79 Å². The number of fused-ring (bicyclic) bond motifs is 1. The molecule has 6 heteroatoms. The van der Waals surface area contributed by atoms with Gasteiger partial charge in [0.2, 0.25) is 0 Å². The van der Waals surface area contributed by atoms with Crippen LogP contribution in [-0.2, 0) is 0 Å². The van der Waals surface area contributed by atoms with Gasteiger partial charge in [-0.2, -0.15) is 15.4 Å². The van der Waals surface area contributed by atoms with Crippen LogP contribution in [0.5, 0.6) is 0 Å². The van der Waals surface area contributed by atoms with E-state index in [4.69, 9.17) is 0 Å². The minimum absolute atomic E-state index is 0.109. The van der Waals surface area contributed by atoms with Crippen molar-refractivity contribution in [2.75, 3.05) is 26.2 Å². The maximum Gasteiger partial charge on any atom is 0.254 e. The molecule has 1 saturated heterocycles. The Morgan fingerprint density at radius 1 is 1.00 bits per heavy atom. The van der Waals surface area contributed by atoms with E-state index in [-0.39, 0.29) is 5.91 Å². The number of benzene rings is 1. The van der Waals surface area contributed by atoms with Crippen LogP contribution >= 0.6 is 0 Å². The summed E-state index contributed by atoms with van der Waals surface area (Å²) in [5, 5.41) is 10.7. The highest BCUT2D eigenvalue weighted by Crippen LogP contribution is 2.24. The highest BCUT2D eigenvalue weighted by molar-refractivity contribution is 5.97. The van der Waals surface area contributed by atoms with Gasteiger partial charge in [-0.05, 0) is 31.0 Å². The molecule has 1 aliphatic heterocycles. The lowest BCUT2D eigenvalue weighted by Gasteiger charge is -2.40. The number of carbonyl (C=O) groups is 1. The lowest BCUT2D eigenvalue weighted by Crippen LogP contribution is -2.52. The Morgan fingerprint density at radius 2 is 1.74 bits per heavy atom. The third-order valence-electron chi connectivity index (χ3n) is 5.26. The monoisotopic (exact) mass is 313 g/mol. The van der Waals surface area contributed by atoms with E-state index >= 15 is 0 Å². The van der Waals surface area contributed by atoms with Gasteiger partial charge >= 0.3 is 0 Å². The van der Waals surface area contributed by atoms with E-state index in [1.807, 2.05) is 23.1 Å². The summed E-state index contributed by atoms with van der Waals surface area (Å²) in [6.07, 6.45) is 6.77. The molecule has 0 radical (unpaired) electrons. The fourth-order valence-corrected chi connectivity index (χ4v) is 3.89. The van der Waals surface area contributed by atoms with Crippen LogP contribution in [0, 0.1) is 0 Å².